The summed E-state index contributed by atoms with van der Waals surface area (Å²) in [6, 6.07) is 0. The molecule has 2 fully saturated rings. The van der Waals surface area contributed by atoms with Crippen molar-refractivity contribution in [2.45, 2.75) is 52.0 Å². The molecule has 17 heavy (non-hydrogen) atoms. The van der Waals surface area contributed by atoms with Crippen LogP contribution in [0.3, 0.4) is 0 Å². The van der Waals surface area contributed by atoms with E-state index in [1.54, 1.807) is 0 Å². The van der Waals surface area contributed by atoms with Gasteiger partial charge in [-0.2, -0.15) is 0 Å². The number of nitrogens with zero attached hydrogens (tertiary/aromatic N) is 1. The lowest BCUT2D eigenvalue weighted by molar-refractivity contribution is -0.139. The van der Waals surface area contributed by atoms with Crippen molar-refractivity contribution < 1.29 is 4.79 Å². The van der Waals surface area contributed by atoms with Gasteiger partial charge in [0.2, 0.25) is 5.91 Å². The molecule has 1 saturated carbocycles. The summed E-state index contributed by atoms with van der Waals surface area (Å²) in [4.78, 5) is 14.8. The van der Waals surface area contributed by atoms with Gasteiger partial charge in [0.15, 0.2) is 0 Å². The van der Waals surface area contributed by atoms with Gasteiger partial charge in [-0.15, -0.1) is 0 Å². The molecule has 1 heterocycles. The second-order valence-corrected chi connectivity index (χ2v) is 6.60. The van der Waals surface area contributed by atoms with Gasteiger partial charge in [0.1, 0.15) is 0 Å². The molecule has 0 aromatic rings. The molecule has 0 aromatic heterocycles. The number of hydrogen-bond acceptors (Lipinski definition) is 2. The molecule has 3 heteroatoms. The summed E-state index contributed by atoms with van der Waals surface area (Å²) in [5.41, 5.74) is 5.82. The monoisotopic (exact) mass is 238 g/mol. The Balaban J connectivity index is 2.09. The Labute approximate surface area is 105 Å². The molecule has 1 aliphatic heterocycles. The van der Waals surface area contributed by atoms with Crippen molar-refractivity contribution in [2.24, 2.45) is 23.5 Å². The number of carbonyl (C=O) groups excluding carboxylic acids is 1. The highest BCUT2D eigenvalue weighted by atomic mass is 16.2. The van der Waals surface area contributed by atoms with Gasteiger partial charge in [-0.25, -0.2) is 0 Å². The quantitative estimate of drug-likeness (QED) is 0.800. The Kier molecular flexibility index (Phi) is 3.48. The Hall–Kier alpha value is -0.570. The van der Waals surface area contributed by atoms with E-state index in [4.69, 9.17) is 5.73 Å². The SMILES string of the molecule is CC1CN(C(=O)[C@@H]2CCC[C@@H]2CN)C(C)(C)C1. The van der Waals surface area contributed by atoms with Gasteiger partial charge < -0.3 is 10.6 Å². The highest BCUT2D eigenvalue weighted by Gasteiger charge is 2.43. The lowest BCUT2D eigenvalue weighted by Gasteiger charge is -2.35. The predicted molar refractivity (Wildman–Crippen MR) is 69.5 cm³/mol. The van der Waals surface area contributed by atoms with Gasteiger partial charge in [-0.1, -0.05) is 13.3 Å². The van der Waals surface area contributed by atoms with Crippen molar-refractivity contribution in [2.75, 3.05) is 13.1 Å². The third-order valence-electron chi connectivity index (χ3n) is 4.62. The van der Waals surface area contributed by atoms with Crippen LogP contribution in [0.25, 0.3) is 0 Å². The van der Waals surface area contributed by atoms with Crippen LogP contribution in [0.1, 0.15) is 46.5 Å². The highest BCUT2D eigenvalue weighted by Crippen LogP contribution is 2.38. The van der Waals surface area contributed by atoms with Crippen LogP contribution in [-0.4, -0.2) is 29.4 Å². The fourth-order valence-corrected chi connectivity index (χ4v) is 3.82. The Bertz CT molecular complexity index is 301. The minimum atomic E-state index is 0.0399. The summed E-state index contributed by atoms with van der Waals surface area (Å²) < 4.78 is 0. The molecule has 2 aliphatic rings. The maximum absolute atomic E-state index is 12.6. The molecule has 1 saturated heterocycles. The van der Waals surface area contributed by atoms with Crippen molar-refractivity contribution in [1.29, 1.82) is 0 Å². The number of nitrogens with two attached hydrogens (primary N) is 1. The van der Waals surface area contributed by atoms with E-state index in [1.165, 1.54) is 6.42 Å². The second-order valence-electron chi connectivity index (χ2n) is 6.60. The van der Waals surface area contributed by atoms with E-state index in [0.717, 1.165) is 25.8 Å². The molecular weight excluding hydrogens is 212 g/mol. The first-order chi connectivity index (χ1) is 7.95. The summed E-state index contributed by atoms with van der Waals surface area (Å²) in [5.74, 6) is 1.62. The standard InChI is InChI=1S/C14H26N2O/c1-10-7-14(2,3)16(9-10)13(17)12-6-4-5-11(12)8-15/h10-12H,4-9,15H2,1-3H3/t10?,11-,12-/m1/s1. The number of hydrogen-bond donors (Lipinski definition) is 1. The highest BCUT2D eigenvalue weighted by molar-refractivity contribution is 5.80. The molecule has 3 nitrogen and oxygen atoms in total. The first-order valence-electron chi connectivity index (χ1n) is 6.97. The molecule has 0 bridgehead atoms. The Morgan fingerprint density at radius 3 is 2.65 bits per heavy atom. The number of carbonyl (C=O) groups is 1. The first kappa shape index (κ1) is 12.9. The predicted octanol–water partition coefficient (Wildman–Crippen LogP) is 2.01. The van der Waals surface area contributed by atoms with Crippen LogP contribution in [0, 0.1) is 17.8 Å². The zero-order valence-electron chi connectivity index (χ0n) is 11.4. The smallest absolute Gasteiger partial charge is 0.226 e. The van der Waals surface area contributed by atoms with Crippen molar-refractivity contribution in [3.63, 3.8) is 0 Å². The van der Waals surface area contributed by atoms with E-state index >= 15 is 0 Å². The average Bonchev–Trinajstić information content (AvgIpc) is 2.80. The zero-order chi connectivity index (χ0) is 12.6. The fraction of sp³-hybridized carbons (Fsp3) is 0.929. The molecule has 1 aliphatic carbocycles. The summed E-state index contributed by atoms with van der Waals surface area (Å²) >= 11 is 0. The second kappa shape index (κ2) is 4.60. The molecule has 0 aromatic carbocycles. The maximum atomic E-state index is 12.6. The molecular formula is C14H26N2O. The van der Waals surface area contributed by atoms with Gasteiger partial charge in [-0.3, -0.25) is 4.79 Å². The van der Waals surface area contributed by atoms with Crippen molar-refractivity contribution in [3.05, 3.63) is 0 Å². The first-order valence-corrected chi connectivity index (χ1v) is 6.97. The van der Waals surface area contributed by atoms with Crippen LogP contribution in [0.2, 0.25) is 0 Å². The van der Waals surface area contributed by atoms with E-state index in [0.29, 0.717) is 24.3 Å². The third-order valence-corrected chi connectivity index (χ3v) is 4.62. The van der Waals surface area contributed by atoms with Crippen molar-refractivity contribution in [3.8, 4) is 0 Å². The lowest BCUT2D eigenvalue weighted by atomic mass is 9.92. The third kappa shape index (κ3) is 2.35. The summed E-state index contributed by atoms with van der Waals surface area (Å²) in [5, 5.41) is 0. The van der Waals surface area contributed by atoms with Crippen LogP contribution >= 0.6 is 0 Å². The molecule has 2 rings (SSSR count). The van der Waals surface area contributed by atoms with E-state index in [9.17, 15) is 4.79 Å². The van der Waals surface area contributed by atoms with Gasteiger partial charge in [-0.05, 0) is 51.5 Å². The van der Waals surface area contributed by atoms with Gasteiger partial charge in [0, 0.05) is 18.0 Å². The van der Waals surface area contributed by atoms with Crippen LogP contribution in [0.5, 0.6) is 0 Å². The van der Waals surface area contributed by atoms with Crippen LogP contribution < -0.4 is 5.73 Å². The molecule has 0 radical (unpaired) electrons. The molecule has 98 valence electrons. The van der Waals surface area contributed by atoms with Gasteiger partial charge in [0.25, 0.3) is 0 Å². The minimum Gasteiger partial charge on any atom is -0.337 e. The number of amides is 1. The van der Waals surface area contributed by atoms with Crippen molar-refractivity contribution in [1.82, 2.24) is 4.90 Å². The number of rotatable bonds is 2. The van der Waals surface area contributed by atoms with E-state index in [1.807, 2.05) is 0 Å². The molecule has 1 amide bonds. The molecule has 0 spiro atoms. The maximum Gasteiger partial charge on any atom is 0.226 e. The number of likely N-dealkylation sites (tertiary alicyclic amines) is 1. The average molecular weight is 238 g/mol. The fourth-order valence-electron chi connectivity index (χ4n) is 3.82. The van der Waals surface area contributed by atoms with Gasteiger partial charge in [0.05, 0.1) is 0 Å². The molecule has 1 unspecified atom stereocenters. The largest absolute Gasteiger partial charge is 0.337 e. The summed E-state index contributed by atoms with van der Waals surface area (Å²) in [6.45, 7) is 8.23. The van der Waals surface area contributed by atoms with E-state index < -0.39 is 0 Å². The van der Waals surface area contributed by atoms with E-state index in [-0.39, 0.29) is 11.5 Å². The summed E-state index contributed by atoms with van der Waals surface area (Å²) in [6.07, 6.45) is 4.47. The van der Waals surface area contributed by atoms with Gasteiger partial charge >= 0.3 is 0 Å². The zero-order valence-corrected chi connectivity index (χ0v) is 11.4. The molecule has 3 atom stereocenters. The van der Waals surface area contributed by atoms with Crippen molar-refractivity contribution >= 4 is 5.91 Å². The lowest BCUT2D eigenvalue weighted by Crippen LogP contribution is -2.47. The summed E-state index contributed by atoms with van der Waals surface area (Å²) in [7, 11) is 0. The molecule has 2 N–H and O–H groups in total. The minimum absolute atomic E-state index is 0.0399. The normalized spacial score (nSPS) is 36.5. The van der Waals surface area contributed by atoms with Crippen LogP contribution in [0.15, 0.2) is 0 Å². The van der Waals surface area contributed by atoms with E-state index in [2.05, 4.69) is 25.7 Å². The topological polar surface area (TPSA) is 46.3 Å². The van der Waals surface area contributed by atoms with Crippen LogP contribution in [-0.2, 0) is 4.79 Å². The Morgan fingerprint density at radius 1 is 1.41 bits per heavy atom. The van der Waals surface area contributed by atoms with Crippen LogP contribution in [0.4, 0.5) is 0 Å². The Morgan fingerprint density at radius 2 is 2.12 bits per heavy atom.